The molecule has 2 aliphatic heterocycles. The number of anilines is 2. The molecule has 0 radical (unpaired) electrons. The van der Waals surface area contributed by atoms with Gasteiger partial charge in [0.2, 0.25) is 5.95 Å². The van der Waals surface area contributed by atoms with E-state index in [-0.39, 0.29) is 24.9 Å². The van der Waals surface area contributed by atoms with Gasteiger partial charge < -0.3 is 19.5 Å². The lowest BCUT2D eigenvalue weighted by Gasteiger charge is -2.18. The van der Waals surface area contributed by atoms with Gasteiger partial charge in [-0.3, -0.25) is 5.32 Å². The molecule has 3 aliphatic rings. The zero-order valence-corrected chi connectivity index (χ0v) is 17.6. The summed E-state index contributed by atoms with van der Waals surface area (Å²) in [6, 6.07) is 10.6. The van der Waals surface area contributed by atoms with Crippen LogP contribution in [0, 0.1) is 11.3 Å². The summed E-state index contributed by atoms with van der Waals surface area (Å²) in [5.74, 6) is 1.09. The Hall–Kier alpha value is -3.22. The van der Waals surface area contributed by atoms with E-state index in [0.717, 1.165) is 5.69 Å². The molecule has 1 amide bonds. The molecule has 1 aromatic carbocycles. The third kappa shape index (κ3) is 4.38. The lowest BCUT2D eigenvalue weighted by Crippen LogP contribution is -2.38. The van der Waals surface area contributed by atoms with E-state index in [1.54, 1.807) is 30.5 Å². The fraction of sp³-hybridized carbons (Fsp3) is 0.478. The predicted molar refractivity (Wildman–Crippen MR) is 115 cm³/mol. The van der Waals surface area contributed by atoms with Crippen LogP contribution in [0.25, 0.3) is 0 Å². The van der Waals surface area contributed by atoms with Gasteiger partial charge in [-0.15, -0.1) is 0 Å². The number of nitrogens with zero attached hydrogens (tertiary/aromatic N) is 3. The zero-order chi connectivity index (χ0) is 21.9. The maximum atomic E-state index is 12.3. The molecule has 1 aromatic heterocycles. The second-order valence-corrected chi connectivity index (χ2v) is 8.39. The van der Waals surface area contributed by atoms with Crippen molar-refractivity contribution in [3.63, 3.8) is 0 Å². The number of rotatable bonds is 5. The molecular weight excluding hydrogens is 410 g/mol. The Bertz CT molecular complexity index is 1020. The topological polar surface area (TPSA) is 118 Å². The van der Waals surface area contributed by atoms with E-state index in [0.29, 0.717) is 29.7 Å². The van der Waals surface area contributed by atoms with Crippen molar-refractivity contribution in [2.24, 2.45) is 0 Å². The Balaban J connectivity index is 1.17. The van der Waals surface area contributed by atoms with Gasteiger partial charge in [-0.2, -0.15) is 5.26 Å². The molecule has 0 unspecified atom stereocenters. The maximum Gasteiger partial charge on any atom is 0.412 e. The van der Waals surface area contributed by atoms with Crippen LogP contribution in [-0.4, -0.2) is 53.6 Å². The van der Waals surface area contributed by atoms with Gasteiger partial charge in [-0.25, -0.2) is 14.8 Å². The molecule has 1 saturated carbocycles. The first-order valence-electron chi connectivity index (χ1n) is 11.0. The molecule has 166 valence electrons. The van der Waals surface area contributed by atoms with Crippen molar-refractivity contribution in [2.45, 2.75) is 56.0 Å². The summed E-state index contributed by atoms with van der Waals surface area (Å²) in [4.78, 5) is 21.4. The summed E-state index contributed by atoms with van der Waals surface area (Å²) in [6.45, 7) is 0.667. The van der Waals surface area contributed by atoms with E-state index in [1.165, 1.54) is 25.7 Å². The van der Waals surface area contributed by atoms with Crippen LogP contribution in [0.4, 0.5) is 16.4 Å². The molecule has 9 heteroatoms. The summed E-state index contributed by atoms with van der Waals surface area (Å²) in [6.07, 6.45) is 4.92. The Labute approximate surface area is 186 Å². The summed E-state index contributed by atoms with van der Waals surface area (Å²) in [7, 11) is 0. The molecule has 4 atom stereocenters. The molecule has 3 heterocycles. The normalized spacial score (nSPS) is 27.0. The van der Waals surface area contributed by atoms with Crippen molar-refractivity contribution in [1.29, 1.82) is 5.26 Å². The average molecular weight is 435 g/mol. The Morgan fingerprint density at radius 3 is 2.84 bits per heavy atom. The lowest BCUT2D eigenvalue weighted by atomic mass is 10.0. The number of benzene rings is 1. The number of fused-ring (bicyclic) bond motifs is 1. The molecule has 32 heavy (non-hydrogen) atoms. The molecular formula is C23H25N5O4. The standard InChI is InChI=1S/C23H25N5O4/c24-11-14-4-3-7-16(10-14)26-23(29)32-19-13-31-20-18(12-30-21(19)20)28-22-25-9-8-17(27-22)15-5-1-2-6-15/h3-4,7-10,15,18-21H,1-2,5-6,12-13H2,(H,26,29)(H,25,27,28)/t18-,19+,20+,21+/m0/s1. The van der Waals surface area contributed by atoms with Crippen LogP contribution in [-0.2, 0) is 14.2 Å². The van der Waals surface area contributed by atoms with E-state index in [9.17, 15) is 4.79 Å². The average Bonchev–Trinajstić information content (AvgIpc) is 3.55. The fourth-order valence-electron chi connectivity index (χ4n) is 4.70. The van der Waals surface area contributed by atoms with Crippen LogP contribution >= 0.6 is 0 Å². The van der Waals surface area contributed by atoms with Crippen molar-refractivity contribution in [2.75, 3.05) is 23.8 Å². The third-order valence-electron chi connectivity index (χ3n) is 6.27. The molecule has 9 nitrogen and oxygen atoms in total. The second-order valence-electron chi connectivity index (χ2n) is 8.39. The van der Waals surface area contributed by atoms with Crippen molar-refractivity contribution in [3.8, 4) is 6.07 Å². The van der Waals surface area contributed by atoms with Crippen LogP contribution in [0.15, 0.2) is 36.5 Å². The molecule has 2 saturated heterocycles. The first kappa shape index (κ1) is 20.7. The second kappa shape index (κ2) is 9.10. The van der Waals surface area contributed by atoms with Gasteiger partial charge in [-0.05, 0) is 37.1 Å². The molecule has 0 spiro atoms. The largest absolute Gasteiger partial charge is 0.441 e. The van der Waals surface area contributed by atoms with E-state index in [4.69, 9.17) is 24.5 Å². The van der Waals surface area contributed by atoms with Crippen LogP contribution in [0.1, 0.15) is 42.9 Å². The van der Waals surface area contributed by atoms with E-state index in [1.807, 2.05) is 12.1 Å². The number of hydrogen-bond acceptors (Lipinski definition) is 8. The van der Waals surface area contributed by atoms with Crippen LogP contribution in [0.5, 0.6) is 0 Å². The molecule has 1 aliphatic carbocycles. The van der Waals surface area contributed by atoms with E-state index < -0.39 is 12.2 Å². The Morgan fingerprint density at radius 2 is 2.00 bits per heavy atom. The number of nitriles is 1. The lowest BCUT2D eigenvalue weighted by molar-refractivity contribution is 0.00917. The summed E-state index contributed by atoms with van der Waals surface area (Å²) < 4.78 is 17.3. The van der Waals surface area contributed by atoms with Gasteiger partial charge in [0.25, 0.3) is 0 Å². The minimum absolute atomic E-state index is 0.122. The minimum atomic E-state index is -0.609. The molecule has 5 rings (SSSR count). The first-order chi connectivity index (χ1) is 15.7. The van der Waals surface area contributed by atoms with Gasteiger partial charge in [0.05, 0.1) is 30.9 Å². The monoisotopic (exact) mass is 435 g/mol. The highest BCUT2D eigenvalue weighted by atomic mass is 16.6. The predicted octanol–water partition coefficient (Wildman–Crippen LogP) is 3.20. The highest BCUT2D eigenvalue weighted by Crippen LogP contribution is 2.34. The summed E-state index contributed by atoms with van der Waals surface area (Å²) in [5, 5.41) is 15.0. The number of carbonyl (C=O) groups excluding carboxylic acids is 1. The van der Waals surface area contributed by atoms with Gasteiger partial charge in [0.15, 0.2) is 6.10 Å². The van der Waals surface area contributed by atoms with Gasteiger partial charge in [0.1, 0.15) is 12.2 Å². The summed E-state index contributed by atoms with van der Waals surface area (Å²) in [5.41, 5.74) is 2.04. The van der Waals surface area contributed by atoms with Gasteiger partial charge >= 0.3 is 6.09 Å². The smallest absolute Gasteiger partial charge is 0.412 e. The highest BCUT2D eigenvalue weighted by Gasteiger charge is 2.49. The zero-order valence-electron chi connectivity index (χ0n) is 17.6. The number of nitrogens with one attached hydrogen (secondary N) is 2. The van der Waals surface area contributed by atoms with Crippen LogP contribution in [0.2, 0.25) is 0 Å². The number of carbonyl (C=O) groups is 1. The van der Waals surface area contributed by atoms with Crippen LogP contribution in [0.3, 0.4) is 0 Å². The molecule has 0 bridgehead atoms. The van der Waals surface area contributed by atoms with Crippen molar-refractivity contribution in [1.82, 2.24) is 9.97 Å². The summed E-state index contributed by atoms with van der Waals surface area (Å²) >= 11 is 0. The Morgan fingerprint density at radius 1 is 1.16 bits per heavy atom. The SMILES string of the molecule is N#Cc1cccc(NC(=O)O[C@@H]2CO[C@H]3[C@@H]2OC[C@@H]3Nc2nccc(C3CCCC3)n2)c1. The molecule has 3 fully saturated rings. The maximum absolute atomic E-state index is 12.3. The number of amides is 1. The molecule has 2 aromatic rings. The van der Waals surface area contributed by atoms with Gasteiger partial charge in [0, 0.05) is 23.5 Å². The number of aromatic nitrogens is 2. The molecule has 2 N–H and O–H groups in total. The third-order valence-corrected chi connectivity index (χ3v) is 6.27. The number of hydrogen-bond donors (Lipinski definition) is 2. The van der Waals surface area contributed by atoms with Crippen molar-refractivity contribution in [3.05, 3.63) is 47.8 Å². The number of ether oxygens (including phenoxy) is 3. The van der Waals surface area contributed by atoms with E-state index in [2.05, 4.69) is 15.6 Å². The van der Waals surface area contributed by atoms with Crippen molar-refractivity contribution >= 4 is 17.7 Å². The van der Waals surface area contributed by atoms with Crippen LogP contribution < -0.4 is 10.6 Å². The van der Waals surface area contributed by atoms with E-state index >= 15 is 0 Å². The van der Waals surface area contributed by atoms with Crippen molar-refractivity contribution < 1.29 is 19.0 Å². The quantitative estimate of drug-likeness (QED) is 0.735. The first-order valence-corrected chi connectivity index (χ1v) is 11.0. The minimum Gasteiger partial charge on any atom is -0.441 e. The van der Waals surface area contributed by atoms with Gasteiger partial charge in [-0.1, -0.05) is 18.9 Å². The Kier molecular flexibility index (Phi) is 5.88. The highest BCUT2D eigenvalue weighted by molar-refractivity contribution is 5.85. The fourth-order valence-corrected chi connectivity index (χ4v) is 4.70.